The largest absolute Gasteiger partial charge is 0.378 e. The SMILES string of the molecule is CC(C)NC1(C(=O)N2CCOCC2)CCCCC1. The molecule has 0 aromatic heterocycles. The van der Waals surface area contributed by atoms with Crippen LogP contribution in [0.3, 0.4) is 0 Å². The van der Waals surface area contributed by atoms with Gasteiger partial charge in [-0.15, -0.1) is 0 Å². The smallest absolute Gasteiger partial charge is 0.243 e. The first-order valence-corrected chi connectivity index (χ1v) is 7.29. The van der Waals surface area contributed by atoms with E-state index in [1.54, 1.807) is 0 Å². The summed E-state index contributed by atoms with van der Waals surface area (Å²) >= 11 is 0. The average Bonchev–Trinajstić information content (AvgIpc) is 2.39. The van der Waals surface area contributed by atoms with Crippen LogP contribution < -0.4 is 5.32 Å². The predicted molar refractivity (Wildman–Crippen MR) is 71.5 cm³/mol. The van der Waals surface area contributed by atoms with E-state index >= 15 is 0 Å². The first-order valence-electron chi connectivity index (χ1n) is 7.29. The summed E-state index contributed by atoms with van der Waals surface area (Å²) in [6.45, 7) is 7.12. The molecule has 0 radical (unpaired) electrons. The predicted octanol–water partition coefficient (Wildman–Crippen LogP) is 1.55. The van der Waals surface area contributed by atoms with Crippen molar-refractivity contribution >= 4 is 5.91 Å². The van der Waals surface area contributed by atoms with Crippen LogP contribution in [0.15, 0.2) is 0 Å². The number of amides is 1. The van der Waals surface area contributed by atoms with Crippen molar-refractivity contribution in [2.75, 3.05) is 26.3 Å². The van der Waals surface area contributed by atoms with E-state index in [2.05, 4.69) is 19.2 Å². The quantitative estimate of drug-likeness (QED) is 0.831. The zero-order valence-electron chi connectivity index (χ0n) is 11.7. The summed E-state index contributed by atoms with van der Waals surface area (Å²) in [5, 5.41) is 3.56. The number of ether oxygens (including phenoxy) is 1. The molecule has 0 spiro atoms. The Morgan fingerprint density at radius 1 is 1.17 bits per heavy atom. The lowest BCUT2D eigenvalue weighted by atomic mass is 9.80. The molecular formula is C14H26N2O2. The molecule has 4 nitrogen and oxygen atoms in total. The second kappa shape index (κ2) is 6.02. The van der Waals surface area contributed by atoms with Gasteiger partial charge in [0, 0.05) is 19.1 Å². The number of nitrogens with one attached hydrogen (secondary N) is 1. The monoisotopic (exact) mass is 254 g/mol. The van der Waals surface area contributed by atoms with Crippen molar-refractivity contribution in [2.45, 2.75) is 57.5 Å². The van der Waals surface area contributed by atoms with Gasteiger partial charge < -0.3 is 15.0 Å². The molecule has 0 aromatic carbocycles. The fourth-order valence-corrected chi connectivity index (χ4v) is 3.20. The normalized spacial score (nSPS) is 24.3. The van der Waals surface area contributed by atoms with Crippen molar-refractivity contribution in [3.63, 3.8) is 0 Å². The number of morpholine rings is 1. The molecule has 1 aliphatic carbocycles. The maximum absolute atomic E-state index is 12.8. The van der Waals surface area contributed by atoms with Gasteiger partial charge in [-0.25, -0.2) is 0 Å². The van der Waals surface area contributed by atoms with Gasteiger partial charge in [0.1, 0.15) is 0 Å². The van der Waals surface area contributed by atoms with Crippen molar-refractivity contribution in [2.24, 2.45) is 0 Å². The second-order valence-electron chi connectivity index (χ2n) is 5.85. The van der Waals surface area contributed by atoms with Crippen LogP contribution in [0.4, 0.5) is 0 Å². The second-order valence-corrected chi connectivity index (χ2v) is 5.85. The molecular weight excluding hydrogens is 228 g/mol. The third-order valence-corrected chi connectivity index (χ3v) is 3.98. The van der Waals surface area contributed by atoms with Crippen LogP contribution in [0.25, 0.3) is 0 Å². The number of hydrogen-bond donors (Lipinski definition) is 1. The molecule has 1 saturated carbocycles. The summed E-state index contributed by atoms with van der Waals surface area (Å²) in [5.74, 6) is 0.305. The minimum absolute atomic E-state index is 0.302. The number of rotatable bonds is 3. The number of carbonyl (C=O) groups excluding carboxylic acids is 1. The van der Waals surface area contributed by atoms with Crippen LogP contribution >= 0.6 is 0 Å². The third kappa shape index (κ3) is 3.04. The van der Waals surface area contributed by atoms with Gasteiger partial charge >= 0.3 is 0 Å². The average molecular weight is 254 g/mol. The minimum atomic E-state index is -0.302. The van der Waals surface area contributed by atoms with E-state index in [9.17, 15) is 4.79 Å². The Labute approximate surface area is 110 Å². The van der Waals surface area contributed by atoms with Crippen LogP contribution in [0.2, 0.25) is 0 Å². The summed E-state index contributed by atoms with van der Waals surface area (Å²) in [5.41, 5.74) is -0.302. The van der Waals surface area contributed by atoms with Gasteiger partial charge in [-0.2, -0.15) is 0 Å². The Hall–Kier alpha value is -0.610. The van der Waals surface area contributed by atoms with Crippen molar-refractivity contribution in [3.8, 4) is 0 Å². The lowest BCUT2D eigenvalue weighted by molar-refractivity contribution is -0.144. The first-order chi connectivity index (χ1) is 8.64. The van der Waals surface area contributed by atoms with Gasteiger partial charge in [-0.3, -0.25) is 4.79 Å². The summed E-state index contributed by atoms with van der Waals surface area (Å²) in [4.78, 5) is 14.8. The van der Waals surface area contributed by atoms with Gasteiger partial charge in [0.15, 0.2) is 0 Å². The van der Waals surface area contributed by atoms with Crippen LogP contribution in [0.5, 0.6) is 0 Å². The van der Waals surface area contributed by atoms with Crippen molar-refractivity contribution in [1.82, 2.24) is 10.2 Å². The minimum Gasteiger partial charge on any atom is -0.378 e. The fraction of sp³-hybridized carbons (Fsp3) is 0.929. The molecule has 1 heterocycles. The van der Waals surface area contributed by atoms with Crippen LogP contribution in [-0.4, -0.2) is 48.7 Å². The highest BCUT2D eigenvalue weighted by Gasteiger charge is 2.42. The maximum atomic E-state index is 12.8. The van der Waals surface area contributed by atoms with Crippen LogP contribution in [0, 0.1) is 0 Å². The van der Waals surface area contributed by atoms with E-state index < -0.39 is 0 Å². The van der Waals surface area contributed by atoms with Crippen molar-refractivity contribution in [3.05, 3.63) is 0 Å². The molecule has 1 aliphatic heterocycles. The first kappa shape index (κ1) is 13.8. The van der Waals surface area contributed by atoms with Gasteiger partial charge in [0.25, 0.3) is 0 Å². The fourth-order valence-electron chi connectivity index (χ4n) is 3.20. The summed E-state index contributed by atoms with van der Waals surface area (Å²) in [6, 6.07) is 0.355. The third-order valence-electron chi connectivity index (χ3n) is 3.98. The summed E-state index contributed by atoms with van der Waals surface area (Å²) < 4.78 is 5.34. The molecule has 1 amide bonds. The van der Waals surface area contributed by atoms with Gasteiger partial charge in [-0.1, -0.05) is 19.3 Å². The molecule has 4 heteroatoms. The van der Waals surface area contributed by atoms with Crippen LogP contribution in [0.1, 0.15) is 46.0 Å². The van der Waals surface area contributed by atoms with Gasteiger partial charge in [0.05, 0.1) is 18.8 Å². The molecule has 0 atom stereocenters. The highest BCUT2D eigenvalue weighted by Crippen LogP contribution is 2.30. The van der Waals surface area contributed by atoms with Crippen molar-refractivity contribution < 1.29 is 9.53 Å². The molecule has 2 aliphatic rings. The lowest BCUT2D eigenvalue weighted by Crippen LogP contribution is -2.62. The molecule has 1 saturated heterocycles. The Balaban J connectivity index is 2.08. The molecule has 0 aromatic rings. The Morgan fingerprint density at radius 3 is 2.33 bits per heavy atom. The van der Waals surface area contributed by atoms with Crippen LogP contribution in [-0.2, 0) is 9.53 Å². The Kier molecular flexibility index (Phi) is 4.62. The zero-order valence-corrected chi connectivity index (χ0v) is 11.7. The zero-order chi connectivity index (χ0) is 13.0. The maximum Gasteiger partial charge on any atom is 0.243 e. The topological polar surface area (TPSA) is 41.6 Å². The lowest BCUT2D eigenvalue weighted by Gasteiger charge is -2.42. The van der Waals surface area contributed by atoms with E-state index in [1.165, 1.54) is 6.42 Å². The Morgan fingerprint density at radius 2 is 1.78 bits per heavy atom. The highest BCUT2D eigenvalue weighted by atomic mass is 16.5. The van der Waals surface area contributed by atoms with Crippen molar-refractivity contribution in [1.29, 1.82) is 0 Å². The van der Waals surface area contributed by atoms with E-state index in [4.69, 9.17) is 4.74 Å². The molecule has 2 fully saturated rings. The number of hydrogen-bond acceptors (Lipinski definition) is 3. The standard InChI is InChI=1S/C14H26N2O2/c1-12(2)15-14(6-4-3-5-7-14)13(17)16-8-10-18-11-9-16/h12,15H,3-11H2,1-2H3. The van der Waals surface area contributed by atoms with E-state index in [1.807, 2.05) is 4.90 Å². The molecule has 1 N–H and O–H groups in total. The summed E-state index contributed by atoms with van der Waals surface area (Å²) in [6.07, 6.45) is 5.56. The summed E-state index contributed by atoms with van der Waals surface area (Å²) in [7, 11) is 0. The number of carbonyl (C=O) groups is 1. The molecule has 0 unspecified atom stereocenters. The number of nitrogens with zero attached hydrogens (tertiary/aromatic N) is 1. The molecule has 18 heavy (non-hydrogen) atoms. The molecule has 0 bridgehead atoms. The highest BCUT2D eigenvalue weighted by molar-refractivity contribution is 5.86. The molecule has 104 valence electrons. The molecule has 2 rings (SSSR count). The van der Waals surface area contributed by atoms with E-state index in [0.717, 1.165) is 38.8 Å². The Bertz CT molecular complexity index is 280. The van der Waals surface area contributed by atoms with E-state index in [-0.39, 0.29) is 5.54 Å². The van der Waals surface area contributed by atoms with Gasteiger partial charge in [0.2, 0.25) is 5.91 Å². The van der Waals surface area contributed by atoms with Gasteiger partial charge in [-0.05, 0) is 26.7 Å². The van der Waals surface area contributed by atoms with E-state index in [0.29, 0.717) is 25.2 Å².